The van der Waals surface area contributed by atoms with Gasteiger partial charge in [0.05, 0.1) is 0 Å². The standard InChI is InChI=1S/C15H25NO/c1-11(2)9-16-10-14(5)17-15-7-6-12(3)13(4)8-15/h6-8,11,14,16H,9-10H2,1-5H3. The molecule has 0 saturated carbocycles. The smallest absolute Gasteiger partial charge is 0.120 e. The minimum absolute atomic E-state index is 0.204. The fourth-order valence-electron chi connectivity index (χ4n) is 1.64. The van der Waals surface area contributed by atoms with Gasteiger partial charge < -0.3 is 10.1 Å². The van der Waals surface area contributed by atoms with E-state index in [-0.39, 0.29) is 6.10 Å². The van der Waals surface area contributed by atoms with Gasteiger partial charge in [-0.3, -0.25) is 0 Å². The van der Waals surface area contributed by atoms with Gasteiger partial charge in [-0.1, -0.05) is 19.9 Å². The summed E-state index contributed by atoms with van der Waals surface area (Å²) in [6.07, 6.45) is 0.204. The summed E-state index contributed by atoms with van der Waals surface area (Å²) in [5.41, 5.74) is 2.59. The van der Waals surface area contributed by atoms with E-state index >= 15 is 0 Å². The summed E-state index contributed by atoms with van der Waals surface area (Å²) < 4.78 is 5.87. The molecule has 0 aromatic heterocycles. The van der Waals surface area contributed by atoms with Gasteiger partial charge in [-0.25, -0.2) is 0 Å². The van der Waals surface area contributed by atoms with Crippen LogP contribution < -0.4 is 10.1 Å². The van der Waals surface area contributed by atoms with Gasteiger partial charge in [0.15, 0.2) is 0 Å². The summed E-state index contributed by atoms with van der Waals surface area (Å²) in [5.74, 6) is 1.65. The van der Waals surface area contributed by atoms with Crippen LogP contribution >= 0.6 is 0 Å². The van der Waals surface area contributed by atoms with E-state index in [0.717, 1.165) is 18.8 Å². The molecule has 1 rings (SSSR count). The Hall–Kier alpha value is -1.02. The van der Waals surface area contributed by atoms with Crippen molar-refractivity contribution in [2.45, 2.75) is 40.7 Å². The van der Waals surface area contributed by atoms with Crippen molar-refractivity contribution >= 4 is 0 Å². The molecule has 17 heavy (non-hydrogen) atoms. The van der Waals surface area contributed by atoms with E-state index in [1.165, 1.54) is 11.1 Å². The molecule has 0 aliphatic carbocycles. The summed E-state index contributed by atoms with van der Waals surface area (Å²) in [5, 5.41) is 3.41. The van der Waals surface area contributed by atoms with Crippen LogP contribution in [0.2, 0.25) is 0 Å². The van der Waals surface area contributed by atoms with E-state index in [9.17, 15) is 0 Å². The Morgan fingerprint density at radius 3 is 2.35 bits per heavy atom. The number of aryl methyl sites for hydroxylation is 2. The molecular formula is C15H25NO. The average Bonchev–Trinajstić information content (AvgIpc) is 2.23. The van der Waals surface area contributed by atoms with Crippen molar-refractivity contribution in [3.63, 3.8) is 0 Å². The van der Waals surface area contributed by atoms with Crippen LogP contribution in [-0.4, -0.2) is 19.2 Å². The number of hydrogen-bond donors (Lipinski definition) is 1. The molecule has 0 radical (unpaired) electrons. The molecule has 1 aromatic rings. The lowest BCUT2D eigenvalue weighted by Gasteiger charge is -2.17. The van der Waals surface area contributed by atoms with Gasteiger partial charge in [-0.2, -0.15) is 0 Å². The number of ether oxygens (including phenoxy) is 1. The maximum Gasteiger partial charge on any atom is 0.120 e. The number of hydrogen-bond acceptors (Lipinski definition) is 2. The monoisotopic (exact) mass is 235 g/mol. The van der Waals surface area contributed by atoms with Gasteiger partial charge in [0, 0.05) is 6.54 Å². The first-order valence-corrected chi connectivity index (χ1v) is 6.43. The molecule has 1 unspecified atom stereocenters. The third kappa shape index (κ3) is 5.22. The highest BCUT2D eigenvalue weighted by atomic mass is 16.5. The molecule has 1 N–H and O–H groups in total. The first kappa shape index (κ1) is 14.0. The predicted molar refractivity (Wildman–Crippen MR) is 73.7 cm³/mol. The van der Waals surface area contributed by atoms with Gasteiger partial charge in [0.2, 0.25) is 0 Å². The van der Waals surface area contributed by atoms with Gasteiger partial charge in [-0.15, -0.1) is 0 Å². The van der Waals surface area contributed by atoms with Crippen molar-refractivity contribution in [2.75, 3.05) is 13.1 Å². The quantitative estimate of drug-likeness (QED) is 0.816. The first-order chi connectivity index (χ1) is 7.99. The lowest BCUT2D eigenvalue weighted by molar-refractivity contribution is 0.215. The van der Waals surface area contributed by atoms with Gasteiger partial charge in [0.1, 0.15) is 11.9 Å². The molecule has 2 heteroatoms. The van der Waals surface area contributed by atoms with Crippen LogP contribution in [0, 0.1) is 19.8 Å². The van der Waals surface area contributed by atoms with Gasteiger partial charge in [-0.05, 0) is 56.5 Å². The fourth-order valence-corrected chi connectivity index (χ4v) is 1.64. The molecule has 0 fully saturated rings. The normalized spacial score (nSPS) is 12.8. The maximum absolute atomic E-state index is 5.87. The molecule has 2 nitrogen and oxygen atoms in total. The zero-order chi connectivity index (χ0) is 12.8. The summed E-state index contributed by atoms with van der Waals surface area (Å²) in [7, 11) is 0. The van der Waals surface area contributed by atoms with Crippen LogP contribution in [0.3, 0.4) is 0 Å². The van der Waals surface area contributed by atoms with Crippen molar-refractivity contribution in [1.29, 1.82) is 0 Å². The molecule has 0 aliphatic rings. The third-order valence-corrected chi connectivity index (χ3v) is 2.80. The second-order valence-corrected chi connectivity index (χ2v) is 5.23. The van der Waals surface area contributed by atoms with E-state index in [4.69, 9.17) is 4.74 Å². The lowest BCUT2D eigenvalue weighted by atomic mass is 10.1. The molecule has 0 heterocycles. The Kier molecular flexibility index (Phi) is 5.49. The minimum atomic E-state index is 0.204. The van der Waals surface area contributed by atoms with E-state index < -0.39 is 0 Å². The Labute approximate surface area is 105 Å². The molecule has 0 bridgehead atoms. The van der Waals surface area contributed by atoms with Crippen molar-refractivity contribution < 1.29 is 4.74 Å². The highest BCUT2D eigenvalue weighted by molar-refractivity contribution is 5.33. The van der Waals surface area contributed by atoms with Crippen molar-refractivity contribution in [3.05, 3.63) is 29.3 Å². The van der Waals surface area contributed by atoms with E-state index in [1.54, 1.807) is 0 Å². The van der Waals surface area contributed by atoms with Gasteiger partial charge >= 0.3 is 0 Å². The summed E-state index contributed by atoms with van der Waals surface area (Å²) in [4.78, 5) is 0. The highest BCUT2D eigenvalue weighted by Crippen LogP contribution is 2.17. The van der Waals surface area contributed by atoms with E-state index in [0.29, 0.717) is 5.92 Å². The number of nitrogens with one attached hydrogen (secondary N) is 1. The Morgan fingerprint density at radius 1 is 1.06 bits per heavy atom. The molecule has 0 amide bonds. The first-order valence-electron chi connectivity index (χ1n) is 6.43. The molecule has 1 aromatic carbocycles. The maximum atomic E-state index is 5.87. The zero-order valence-electron chi connectivity index (χ0n) is 11.7. The Balaban J connectivity index is 2.39. The second-order valence-electron chi connectivity index (χ2n) is 5.23. The Morgan fingerprint density at radius 2 is 1.76 bits per heavy atom. The third-order valence-electron chi connectivity index (χ3n) is 2.80. The van der Waals surface area contributed by atoms with Crippen LogP contribution in [0.4, 0.5) is 0 Å². The summed E-state index contributed by atoms with van der Waals surface area (Å²) in [6.45, 7) is 12.7. The van der Waals surface area contributed by atoms with E-state index in [2.05, 4.69) is 52.1 Å². The molecule has 0 saturated heterocycles. The van der Waals surface area contributed by atoms with E-state index in [1.807, 2.05) is 6.07 Å². The average molecular weight is 235 g/mol. The molecule has 0 spiro atoms. The highest BCUT2D eigenvalue weighted by Gasteiger charge is 2.05. The van der Waals surface area contributed by atoms with Gasteiger partial charge in [0.25, 0.3) is 0 Å². The minimum Gasteiger partial charge on any atom is -0.489 e. The fraction of sp³-hybridized carbons (Fsp3) is 0.600. The Bertz CT molecular complexity index is 347. The largest absolute Gasteiger partial charge is 0.489 e. The van der Waals surface area contributed by atoms with Crippen LogP contribution in [-0.2, 0) is 0 Å². The lowest BCUT2D eigenvalue weighted by Crippen LogP contribution is -2.31. The summed E-state index contributed by atoms with van der Waals surface area (Å²) >= 11 is 0. The topological polar surface area (TPSA) is 21.3 Å². The van der Waals surface area contributed by atoms with Crippen LogP contribution in [0.25, 0.3) is 0 Å². The molecule has 0 aliphatic heterocycles. The van der Waals surface area contributed by atoms with Crippen molar-refractivity contribution in [1.82, 2.24) is 5.32 Å². The molecular weight excluding hydrogens is 210 g/mol. The number of benzene rings is 1. The summed E-state index contributed by atoms with van der Waals surface area (Å²) in [6, 6.07) is 6.26. The van der Waals surface area contributed by atoms with Crippen LogP contribution in [0.1, 0.15) is 31.9 Å². The zero-order valence-corrected chi connectivity index (χ0v) is 11.7. The molecule has 1 atom stereocenters. The SMILES string of the molecule is Cc1ccc(OC(C)CNCC(C)C)cc1C. The van der Waals surface area contributed by atoms with Crippen LogP contribution in [0.15, 0.2) is 18.2 Å². The van der Waals surface area contributed by atoms with Crippen LogP contribution in [0.5, 0.6) is 5.75 Å². The van der Waals surface area contributed by atoms with Crippen molar-refractivity contribution in [3.8, 4) is 5.75 Å². The number of rotatable bonds is 6. The van der Waals surface area contributed by atoms with Crippen molar-refractivity contribution in [2.24, 2.45) is 5.92 Å². The predicted octanol–water partition coefficient (Wildman–Crippen LogP) is 3.32. The molecule has 96 valence electrons. The second kappa shape index (κ2) is 6.65.